The van der Waals surface area contributed by atoms with Crippen LogP contribution in [0.15, 0.2) is 54.6 Å². The molecule has 2 aromatic rings. The molecule has 5 nitrogen and oxygen atoms in total. The Bertz CT molecular complexity index is 763. The number of carbonyl (C=O) groups excluding carboxylic acids is 2. The molecule has 2 saturated heterocycles. The summed E-state index contributed by atoms with van der Waals surface area (Å²) in [6, 6.07) is 14.6. The van der Waals surface area contributed by atoms with Crippen LogP contribution < -0.4 is 10.4 Å². The minimum absolute atomic E-state index is 0.359. The van der Waals surface area contributed by atoms with Gasteiger partial charge in [0.2, 0.25) is 5.91 Å². The Morgan fingerprint density at radius 2 is 1.65 bits per heavy atom. The highest BCUT2D eigenvalue weighted by Crippen LogP contribution is 2.44. The Morgan fingerprint density at radius 1 is 0.957 bits per heavy atom. The van der Waals surface area contributed by atoms with Gasteiger partial charge in [-0.25, -0.2) is 9.45 Å². The fraction of sp³-hybridized carbons (Fsp3) is 0.176. The van der Waals surface area contributed by atoms with E-state index >= 15 is 0 Å². The lowest BCUT2D eigenvalue weighted by molar-refractivity contribution is -0.129. The summed E-state index contributed by atoms with van der Waals surface area (Å²) in [5.41, 5.74) is 1.45. The van der Waals surface area contributed by atoms with E-state index in [1.54, 1.807) is 17.2 Å². The van der Waals surface area contributed by atoms with Gasteiger partial charge in [0.25, 0.3) is 5.91 Å². The molecule has 0 bridgehead atoms. The summed E-state index contributed by atoms with van der Waals surface area (Å²) >= 11 is 0. The lowest BCUT2D eigenvalue weighted by atomic mass is 9.90. The van der Waals surface area contributed by atoms with Crippen molar-refractivity contribution >= 4 is 17.5 Å². The summed E-state index contributed by atoms with van der Waals surface area (Å²) in [6.07, 6.45) is -0.863. The molecule has 23 heavy (non-hydrogen) atoms. The number of benzene rings is 2. The number of fused-ring (bicyclic) bond motifs is 1. The Balaban J connectivity index is 1.80. The van der Waals surface area contributed by atoms with Gasteiger partial charge in [0.1, 0.15) is 11.7 Å². The van der Waals surface area contributed by atoms with Crippen molar-refractivity contribution in [2.45, 2.75) is 12.1 Å². The van der Waals surface area contributed by atoms with Crippen LogP contribution in [0.25, 0.3) is 0 Å². The zero-order valence-electron chi connectivity index (χ0n) is 12.0. The van der Waals surface area contributed by atoms with Crippen molar-refractivity contribution in [2.75, 3.05) is 5.06 Å². The minimum atomic E-state index is -0.863. The SMILES string of the molecule is O=C1NC(=O)[C@@H]2ON(c3ccccc3)[C@H](c3ccc(F)cc3)[C@@H]12. The third kappa shape index (κ3) is 2.19. The number of hydroxylamine groups is 1. The smallest absolute Gasteiger partial charge is 0.259 e. The molecule has 2 amide bonds. The lowest BCUT2D eigenvalue weighted by Gasteiger charge is -2.27. The molecule has 0 aliphatic carbocycles. The van der Waals surface area contributed by atoms with E-state index in [4.69, 9.17) is 4.84 Å². The molecule has 1 N–H and O–H groups in total. The van der Waals surface area contributed by atoms with Crippen molar-refractivity contribution < 1.29 is 18.8 Å². The van der Waals surface area contributed by atoms with Gasteiger partial charge in [-0.1, -0.05) is 30.3 Å². The van der Waals surface area contributed by atoms with Crippen LogP contribution in [0.4, 0.5) is 10.1 Å². The van der Waals surface area contributed by atoms with Gasteiger partial charge >= 0.3 is 0 Å². The van der Waals surface area contributed by atoms with Crippen LogP contribution in [-0.4, -0.2) is 17.9 Å². The summed E-state index contributed by atoms with van der Waals surface area (Å²) in [4.78, 5) is 29.9. The second-order valence-corrected chi connectivity index (χ2v) is 5.56. The van der Waals surface area contributed by atoms with E-state index in [1.165, 1.54) is 12.1 Å². The average Bonchev–Trinajstić information content (AvgIpc) is 3.08. The van der Waals surface area contributed by atoms with Gasteiger partial charge in [0.05, 0.1) is 11.7 Å². The quantitative estimate of drug-likeness (QED) is 0.861. The topological polar surface area (TPSA) is 58.6 Å². The second kappa shape index (κ2) is 5.17. The van der Waals surface area contributed by atoms with Crippen molar-refractivity contribution in [3.63, 3.8) is 0 Å². The Hall–Kier alpha value is -2.73. The van der Waals surface area contributed by atoms with Crippen molar-refractivity contribution in [1.29, 1.82) is 0 Å². The zero-order valence-corrected chi connectivity index (χ0v) is 12.0. The molecule has 2 fully saturated rings. The predicted octanol–water partition coefficient (Wildman–Crippen LogP) is 1.96. The molecule has 2 aliphatic rings. The number of nitrogens with zero attached hydrogens (tertiary/aromatic N) is 1. The fourth-order valence-corrected chi connectivity index (χ4v) is 3.13. The van der Waals surface area contributed by atoms with Crippen LogP contribution in [0.2, 0.25) is 0 Å². The standard InChI is InChI=1S/C17H13FN2O3/c18-11-8-6-10(7-9-11)14-13-15(17(22)19-16(13)21)23-20(14)12-4-2-1-3-5-12/h1-9,13-15H,(H,19,21,22)/t13-,14-,15-/m1/s1. The number of hydrogen-bond donors (Lipinski definition) is 1. The van der Waals surface area contributed by atoms with Gasteiger partial charge in [-0.3, -0.25) is 19.7 Å². The summed E-state index contributed by atoms with van der Waals surface area (Å²) in [7, 11) is 0. The van der Waals surface area contributed by atoms with E-state index in [0.717, 1.165) is 5.69 Å². The molecule has 2 aliphatic heterocycles. The number of hydrogen-bond acceptors (Lipinski definition) is 4. The molecule has 0 radical (unpaired) electrons. The van der Waals surface area contributed by atoms with Crippen molar-refractivity contribution in [3.8, 4) is 0 Å². The van der Waals surface area contributed by atoms with E-state index in [9.17, 15) is 14.0 Å². The van der Waals surface area contributed by atoms with Crippen molar-refractivity contribution in [3.05, 3.63) is 66.0 Å². The highest BCUT2D eigenvalue weighted by molar-refractivity contribution is 6.07. The number of halogens is 1. The number of para-hydroxylation sites is 1. The third-order valence-electron chi connectivity index (χ3n) is 4.18. The van der Waals surface area contributed by atoms with E-state index in [-0.39, 0.29) is 11.7 Å². The summed E-state index contributed by atoms with van der Waals surface area (Å²) in [5, 5.41) is 3.87. The summed E-state index contributed by atoms with van der Waals surface area (Å²) in [5.74, 6) is -1.83. The van der Waals surface area contributed by atoms with Crippen LogP contribution in [0, 0.1) is 11.7 Å². The molecule has 0 saturated carbocycles. The van der Waals surface area contributed by atoms with Gasteiger partial charge < -0.3 is 0 Å². The number of amides is 2. The molecule has 2 heterocycles. The first kappa shape index (κ1) is 13.9. The van der Waals surface area contributed by atoms with Crippen LogP contribution in [0.1, 0.15) is 11.6 Å². The van der Waals surface area contributed by atoms with Gasteiger partial charge in [0, 0.05) is 0 Å². The highest BCUT2D eigenvalue weighted by atomic mass is 19.1. The third-order valence-corrected chi connectivity index (χ3v) is 4.18. The maximum absolute atomic E-state index is 13.2. The lowest BCUT2D eigenvalue weighted by Crippen LogP contribution is -2.33. The molecule has 6 heteroatoms. The van der Waals surface area contributed by atoms with Crippen molar-refractivity contribution in [1.82, 2.24) is 5.32 Å². The molecule has 4 rings (SSSR count). The van der Waals surface area contributed by atoms with E-state index in [1.807, 2.05) is 30.3 Å². The highest BCUT2D eigenvalue weighted by Gasteiger charge is 2.56. The first-order chi connectivity index (χ1) is 11.1. The molecule has 0 aromatic heterocycles. The molecule has 0 unspecified atom stereocenters. The molecule has 0 spiro atoms. The van der Waals surface area contributed by atoms with Crippen LogP contribution >= 0.6 is 0 Å². The van der Waals surface area contributed by atoms with Gasteiger partial charge in [-0.15, -0.1) is 0 Å². The number of nitrogens with one attached hydrogen (secondary N) is 1. The summed E-state index contributed by atoms with van der Waals surface area (Å²) in [6.45, 7) is 0. The average molecular weight is 312 g/mol. The monoisotopic (exact) mass is 312 g/mol. The van der Waals surface area contributed by atoms with E-state index in [0.29, 0.717) is 5.56 Å². The minimum Gasteiger partial charge on any atom is -0.294 e. The molecule has 3 atom stereocenters. The number of anilines is 1. The molecule has 116 valence electrons. The van der Waals surface area contributed by atoms with Crippen LogP contribution in [0.3, 0.4) is 0 Å². The fourth-order valence-electron chi connectivity index (χ4n) is 3.13. The van der Waals surface area contributed by atoms with Crippen LogP contribution in [0.5, 0.6) is 0 Å². The summed E-state index contributed by atoms with van der Waals surface area (Å²) < 4.78 is 13.2. The Labute approximate surface area is 131 Å². The Kier molecular flexibility index (Phi) is 3.12. The normalized spacial score (nSPS) is 26.3. The number of imide groups is 1. The first-order valence-electron chi connectivity index (χ1n) is 7.26. The molecular formula is C17H13FN2O3. The number of rotatable bonds is 2. The second-order valence-electron chi connectivity index (χ2n) is 5.56. The van der Waals surface area contributed by atoms with Crippen molar-refractivity contribution in [2.24, 2.45) is 5.92 Å². The van der Waals surface area contributed by atoms with Gasteiger partial charge in [-0.2, -0.15) is 0 Å². The van der Waals surface area contributed by atoms with Crippen LogP contribution in [-0.2, 0) is 14.4 Å². The molecule has 2 aromatic carbocycles. The van der Waals surface area contributed by atoms with E-state index < -0.39 is 24.0 Å². The van der Waals surface area contributed by atoms with Gasteiger partial charge in [0.15, 0.2) is 6.10 Å². The Morgan fingerprint density at radius 3 is 2.35 bits per heavy atom. The maximum Gasteiger partial charge on any atom is 0.259 e. The largest absolute Gasteiger partial charge is 0.294 e. The zero-order chi connectivity index (χ0) is 16.0. The first-order valence-corrected chi connectivity index (χ1v) is 7.26. The number of carbonyl (C=O) groups is 2. The van der Waals surface area contributed by atoms with E-state index in [2.05, 4.69) is 5.32 Å². The maximum atomic E-state index is 13.2. The van der Waals surface area contributed by atoms with Gasteiger partial charge in [-0.05, 0) is 29.8 Å². The predicted molar refractivity (Wildman–Crippen MR) is 79.6 cm³/mol. The molecular weight excluding hydrogens is 299 g/mol.